The van der Waals surface area contributed by atoms with Gasteiger partial charge in [-0.25, -0.2) is 4.79 Å². The lowest BCUT2D eigenvalue weighted by molar-refractivity contribution is -0.116. The third kappa shape index (κ3) is 4.61. The van der Waals surface area contributed by atoms with Crippen LogP contribution < -0.4 is 10.6 Å². The van der Waals surface area contributed by atoms with Crippen LogP contribution >= 0.6 is 0 Å². The van der Waals surface area contributed by atoms with E-state index in [1.165, 1.54) is 19.8 Å². The SMILES string of the molecule is CC(=O)CNC(=O)NCC1CCCCN1C. The van der Waals surface area contributed by atoms with Crippen LogP contribution in [0.4, 0.5) is 4.79 Å². The van der Waals surface area contributed by atoms with Crippen molar-refractivity contribution in [3.63, 3.8) is 0 Å². The predicted octanol–water partition coefficient (Wildman–Crippen LogP) is 0.359. The molecular weight excluding hydrogens is 206 g/mol. The van der Waals surface area contributed by atoms with Gasteiger partial charge in [0.15, 0.2) is 0 Å². The number of hydrogen-bond donors (Lipinski definition) is 2. The standard InChI is InChI=1S/C11H21N3O2/c1-9(15)7-12-11(16)13-8-10-5-3-4-6-14(10)2/h10H,3-8H2,1-2H3,(H2,12,13,16). The molecule has 1 saturated heterocycles. The van der Waals surface area contributed by atoms with Crippen molar-refractivity contribution in [1.29, 1.82) is 0 Å². The molecule has 1 rings (SSSR count). The summed E-state index contributed by atoms with van der Waals surface area (Å²) < 4.78 is 0. The van der Waals surface area contributed by atoms with Crippen LogP contribution in [0.1, 0.15) is 26.2 Å². The maximum atomic E-state index is 11.3. The lowest BCUT2D eigenvalue weighted by atomic mass is 10.0. The molecule has 92 valence electrons. The minimum Gasteiger partial charge on any atom is -0.337 e. The van der Waals surface area contributed by atoms with Crippen LogP contribution in [0.25, 0.3) is 0 Å². The first-order chi connectivity index (χ1) is 7.59. The Labute approximate surface area is 96.6 Å². The number of likely N-dealkylation sites (N-methyl/N-ethyl adjacent to an activating group) is 1. The van der Waals surface area contributed by atoms with E-state index in [2.05, 4.69) is 22.6 Å². The molecule has 0 aromatic heterocycles. The second-order valence-electron chi connectivity index (χ2n) is 4.40. The summed E-state index contributed by atoms with van der Waals surface area (Å²) in [7, 11) is 2.08. The van der Waals surface area contributed by atoms with Crippen LogP contribution in [0, 0.1) is 0 Å². The molecule has 1 heterocycles. The van der Waals surface area contributed by atoms with Crippen molar-refractivity contribution in [3.8, 4) is 0 Å². The van der Waals surface area contributed by atoms with Crippen LogP contribution in [0.15, 0.2) is 0 Å². The highest BCUT2D eigenvalue weighted by atomic mass is 16.2. The number of piperidine rings is 1. The molecule has 5 nitrogen and oxygen atoms in total. The number of carbonyl (C=O) groups is 2. The van der Waals surface area contributed by atoms with Gasteiger partial charge < -0.3 is 15.5 Å². The van der Waals surface area contributed by atoms with E-state index in [4.69, 9.17) is 0 Å². The van der Waals surface area contributed by atoms with Crippen LogP contribution in [0.5, 0.6) is 0 Å². The molecule has 0 aliphatic carbocycles. The second kappa shape index (κ2) is 6.48. The largest absolute Gasteiger partial charge is 0.337 e. The molecule has 0 saturated carbocycles. The molecule has 1 aliphatic rings. The van der Waals surface area contributed by atoms with Crippen molar-refractivity contribution >= 4 is 11.8 Å². The minimum absolute atomic E-state index is 0.0371. The zero-order valence-corrected chi connectivity index (χ0v) is 10.1. The zero-order valence-electron chi connectivity index (χ0n) is 10.1. The molecular formula is C11H21N3O2. The van der Waals surface area contributed by atoms with Gasteiger partial charge in [0.25, 0.3) is 0 Å². The fourth-order valence-electron chi connectivity index (χ4n) is 1.88. The Morgan fingerprint density at radius 1 is 1.31 bits per heavy atom. The van der Waals surface area contributed by atoms with Crippen LogP contribution in [0.3, 0.4) is 0 Å². The number of nitrogens with zero attached hydrogens (tertiary/aromatic N) is 1. The van der Waals surface area contributed by atoms with E-state index in [0.717, 1.165) is 13.0 Å². The van der Waals surface area contributed by atoms with Crippen LogP contribution in [-0.2, 0) is 4.79 Å². The van der Waals surface area contributed by atoms with Crippen molar-refractivity contribution in [2.45, 2.75) is 32.2 Å². The maximum absolute atomic E-state index is 11.3. The molecule has 5 heteroatoms. The number of Topliss-reactive ketones (excluding diaryl/α,β-unsaturated/α-hetero) is 1. The third-order valence-electron chi connectivity index (χ3n) is 2.92. The smallest absolute Gasteiger partial charge is 0.315 e. The maximum Gasteiger partial charge on any atom is 0.315 e. The Morgan fingerprint density at radius 2 is 2.06 bits per heavy atom. The van der Waals surface area contributed by atoms with Gasteiger partial charge in [-0.05, 0) is 33.4 Å². The van der Waals surface area contributed by atoms with Crippen LogP contribution in [-0.4, -0.2) is 49.4 Å². The van der Waals surface area contributed by atoms with Crippen molar-refractivity contribution in [2.75, 3.05) is 26.7 Å². The average Bonchev–Trinajstić information content (AvgIpc) is 2.25. The van der Waals surface area contributed by atoms with Gasteiger partial charge in [0.2, 0.25) is 0 Å². The fourth-order valence-corrected chi connectivity index (χ4v) is 1.88. The second-order valence-corrected chi connectivity index (χ2v) is 4.40. The molecule has 16 heavy (non-hydrogen) atoms. The van der Waals surface area contributed by atoms with Gasteiger partial charge in [-0.3, -0.25) is 4.79 Å². The Kier molecular flexibility index (Phi) is 5.25. The monoisotopic (exact) mass is 227 g/mol. The number of hydrogen-bond acceptors (Lipinski definition) is 3. The third-order valence-corrected chi connectivity index (χ3v) is 2.92. The van der Waals surface area contributed by atoms with E-state index in [1.807, 2.05) is 0 Å². The van der Waals surface area contributed by atoms with Crippen LogP contribution in [0.2, 0.25) is 0 Å². The number of rotatable bonds is 4. The lowest BCUT2D eigenvalue weighted by Gasteiger charge is -2.32. The van der Waals surface area contributed by atoms with E-state index < -0.39 is 0 Å². The summed E-state index contributed by atoms with van der Waals surface area (Å²) in [6, 6.07) is 0.172. The van der Waals surface area contributed by atoms with Crippen molar-refractivity contribution in [2.24, 2.45) is 0 Å². The number of carbonyl (C=O) groups excluding carboxylic acids is 2. The molecule has 0 radical (unpaired) electrons. The predicted molar refractivity (Wildman–Crippen MR) is 62.4 cm³/mol. The van der Waals surface area contributed by atoms with Gasteiger partial charge in [0.05, 0.1) is 6.54 Å². The van der Waals surface area contributed by atoms with E-state index >= 15 is 0 Å². The summed E-state index contributed by atoms with van der Waals surface area (Å²) in [6.07, 6.45) is 3.60. The summed E-state index contributed by atoms with van der Waals surface area (Å²) in [5, 5.41) is 5.31. The number of nitrogens with one attached hydrogen (secondary N) is 2. The molecule has 0 bridgehead atoms. The number of urea groups is 1. The molecule has 0 aromatic carbocycles. The van der Waals surface area contributed by atoms with Gasteiger partial charge >= 0.3 is 6.03 Å². The Morgan fingerprint density at radius 3 is 2.69 bits per heavy atom. The first-order valence-electron chi connectivity index (χ1n) is 5.81. The van der Waals surface area contributed by atoms with E-state index in [-0.39, 0.29) is 18.4 Å². The van der Waals surface area contributed by atoms with Crippen molar-refractivity contribution in [3.05, 3.63) is 0 Å². The van der Waals surface area contributed by atoms with E-state index in [1.54, 1.807) is 0 Å². The molecule has 0 spiro atoms. The molecule has 1 unspecified atom stereocenters. The van der Waals surface area contributed by atoms with Gasteiger partial charge in [-0.2, -0.15) is 0 Å². The molecule has 0 aromatic rings. The molecule has 1 aliphatic heterocycles. The van der Waals surface area contributed by atoms with Gasteiger partial charge in [0.1, 0.15) is 5.78 Å². The summed E-state index contributed by atoms with van der Waals surface area (Å²) in [6.45, 7) is 3.31. The Balaban J connectivity index is 2.17. The van der Waals surface area contributed by atoms with E-state index in [0.29, 0.717) is 12.6 Å². The number of likely N-dealkylation sites (tertiary alicyclic amines) is 1. The Hall–Kier alpha value is -1.10. The van der Waals surface area contributed by atoms with Crippen molar-refractivity contribution < 1.29 is 9.59 Å². The Bertz CT molecular complexity index is 256. The van der Waals surface area contributed by atoms with Crippen molar-refractivity contribution in [1.82, 2.24) is 15.5 Å². The summed E-state index contributed by atoms with van der Waals surface area (Å²) >= 11 is 0. The topological polar surface area (TPSA) is 61.4 Å². The average molecular weight is 227 g/mol. The number of ketones is 1. The molecule has 1 fully saturated rings. The quantitative estimate of drug-likeness (QED) is 0.729. The lowest BCUT2D eigenvalue weighted by Crippen LogP contribution is -2.47. The van der Waals surface area contributed by atoms with Gasteiger partial charge in [-0.1, -0.05) is 6.42 Å². The highest BCUT2D eigenvalue weighted by molar-refractivity contribution is 5.83. The summed E-state index contributed by atoms with van der Waals surface area (Å²) in [4.78, 5) is 24.2. The molecule has 2 N–H and O–H groups in total. The zero-order chi connectivity index (χ0) is 12.0. The first-order valence-corrected chi connectivity index (χ1v) is 5.81. The first kappa shape index (κ1) is 13.0. The fraction of sp³-hybridized carbons (Fsp3) is 0.818. The number of amides is 2. The molecule has 1 atom stereocenters. The highest BCUT2D eigenvalue weighted by Gasteiger charge is 2.18. The summed E-state index contributed by atoms with van der Waals surface area (Å²) in [5.74, 6) is -0.0371. The minimum atomic E-state index is -0.255. The normalized spacial score (nSPS) is 21.5. The van der Waals surface area contributed by atoms with Gasteiger partial charge in [-0.15, -0.1) is 0 Å². The highest BCUT2D eigenvalue weighted by Crippen LogP contribution is 2.13. The molecule has 2 amide bonds. The van der Waals surface area contributed by atoms with E-state index in [9.17, 15) is 9.59 Å². The summed E-state index contributed by atoms with van der Waals surface area (Å²) in [5.41, 5.74) is 0. The van der Waals surface area contributed by atoms with Gasteiger partial charge in [0, 0.05) is 12.6 Å².